The maximum atomic E-state index is 5.43. The molecule has 0 aliphatic carbocycles. The van der Waals surface area contributed by atoms with Gasteiger partial charge in [-0.15, -0.1) is 11.8 Å². The first-order chi connectivity index (χ1) is 11.9. The maximum absolute atomic E-state index is 5.43. The molecule has 126 valence electrons. The lowest BCUT2D eigenvalue weighted by Crippen LogP contribution is -2.36. The summed E-state index contributed by atoms with van der Waals surface area (Å²) >= 11 is 1.98. The van der Waals surface area contributed by atoms with E-state index < -0.39 is 0 Å². The molecule has 0 spiro atoms. The summed E-state index contributed by atoms with van der Waals surface area (Å²) in [6, 6.07) is 18.3. The van der Waals surface area contributed by atoms with Crippen molar-refractivity contribution in [1.82, 2.24) is 5.32 Å². The van der Waals surface area contributed by atoms with Crippen LogP contribution < -0.4 is 10.2 Å². The number of thioether (sulfide) groups is 1. The van der Waals surface area contributed by atoms with Crippen molar-refractivity contribution in [2.75, 3.05) is 37.0 Å². The summed E-state index contributed by atoms with van der Waals surface area (Å²) in [7, 11) is 0. The molecule has 1 saturated heterocycles. The van der Waals surface area contributed by atoms with Crippen molar-refractivity contribution < 1.29 is 4.74 Å². The SMILES string of the molecule is c1ccc2c(c1)SCC[C@@H]2NCc1ccc(N2CCOCC2)cc1. The Balaban J connectivity index is 1.38. The molecule has 0 saturated carbocycles. The van der Waals surface area contributed by atoms with Gasteiger partial charge >= 0.3 is 0 Å². The predicted octanol–water partition coefficient (Wildman–Crippen LogP) is 3.85. The zero-order valence-corrected chi connectivity index (χ0v) is 14.7. The van der Waals surface area contributed by atoms with Gasteiger partial charge in [-0.1, -0.05) is 30.3 Å². The van der Waals surface area contributed by atoms with Gasteiger partial charge in [-0.3, -0.25) is 0 Å². The summed E-state index contributed by atoms with van der Waals surface area (Å²) in [6.07, 6.45) is 1.20. The average Bonchev–Trinajstić information content (AvgIpc) is 2.67. The van der Waals surface area contributed by atoms with Crippen LogP contribution in [0.2, 0.25) is 0 Å². The number of benzene rings is 2. The van der Waals surface area contributed by atoms with E-state index in [4.69, 9.17) is 4.74 Å². The summed E-state index contributed by atoms with van der Waals surface area (Å²) < 4.78 is 5.43. The minimum Gasteiger partial charge on any atom is -0.378 e. The molecule has 2 heterocycles. The largest absolute Gasteiger partial charge is 0.378 e. The molecule has 3 nitrogen and oxygen atoms in total. The average molecular weight is 340 g/mol. The fourth-order valence-electron chi connectivity index (χ4n) is 3.44. The van der Waals surface area contributed by atoms with E-state index in [9.17, 15) is 0 Å². The highest BCUT2D eigenvalue weighted by Crippen LogP contribution is 2.35. The van der Waals surface area contributed by atoms with Crippen LogP contribution in [0.15, 0.2) is 53.4 Å². The Morgan fingerprint density at radius 3 is 2.67 bits per heavy atom. The molecule has 0 radical (unpaired) electrons. The predicted molar refractivity (Wildman–Crippen MR) is 101 cm³/mol. The molecule has 2 aromatic carbocycles. The third-order valence-electron chi connectivity index (χ3n) is 4.82. The summed E-state index contributed by atoms with van der Waals surface area (Å²) in [6.45, 7) is 4.58. The van der Waals surface area contributed by atoms with Gasteiger partial charge in [-0.25, -0.2) is 0 Å². The zero-order chi connectivity index (χ0) is 16.2. The zero-order valence-electron chi connectivity index (χ0n) is 13.9. The van der Waals surface area contributed by atoms with Crippen molar-refractivity contribution in [3.8, 4) is 0 Å². The number of anilines is 1. The Hall–Kier alpha value is -1.49. The van der Waals surface area contributed by atoms with Gasteiger partial charge in [-0.2, -0.15) is 0 Å². The number of hydrogen-bond acceptors (Lipinski definition) is 4. The first-order valence-corrected chi connectivity index (χ1v) is 9.75. The van der Waals surface area contributed by atoms with Crippen LogP contribution in [0.5, 0.6) is 0 Å². The van der Waals surface area contributed by atoms with Crippen molar-refractivity contribution in [3.63, 3.8) is 0 Å². The first kappa shape index (κ1) is 16.0. The molecule has 2 aliphatic heterocycles. The molecule has 0 aromatic heterocycles. The molecule has 2 aromatic rings. The molecule has 0 bridgehead atoms. The van der Waals surface area contributed by atoms with Gasteiger partial charge in [0.15, 0.2) is 0 Å². The van der Waals surface area contributed by atoms with Crippen LogP contribution in [-0.2, 0) is 11.3 Å². The van der Waals surface area contributed by atoms with Gasteiger partial charge in [0, 0.05) is 36.3 Å². The highest BCUT2D eigenvalue weighted by Gasteiger charge is 2.19. The first-order valence-electron chi connectivity index (χ1n) is 8.77. The molecule has 1 atom stereocenters. The lowest BCUT2D eigenvalue weighted by atomic mass is 10.0. The van der Waals surface area contributed by atoms with E-state index >= 15 is 0 Å². The van der Waals surface area contributed by atoms with E-state index in [-0.39, 0.29) is 0 Å². The van der Waals surface area contributed by atoms with Gasteiger partial charge in [0.2, 0.25) is 0 Å². The molecule has 0 amide bonds. The second-order valence-corrected chi connectivity index (χ2v) is 7.51. The summed E-state index contributed by atoms with van der Waals surface area (Å²) in [5.74, 6) is 1.20. The molecular formula is C20H24N2OS. The highest BCUT2D eigenvalue weighted by atomic mass is 32.2. The molecule has 1 N–H and O–H groups in total. The van der Waals surface area contributed by atoms with Crippen LogP contribution in [0.3, 0.4) is 0 Å². The minimum atomic E-state index is 0.473. The summed E-state index contributed by atoms with van der Waals surface area (Å²) in [5, 5.41) is 3.75. The smallest absolute Gasteiger partial charge is 0.0642 e. The van der Waals surface area contributed by atoms with Crippen LogP contribution in [0.1, 0.15) is 23.6 Å². The molecule has 24 heavy (non-hydrogen) atoms. The number of morpholine rings is 1. The summed E-state index contributed by atoms with van der Waals surface area (Å²) in [5.41, 5.74) is 4.11. The van der Waals surface area contributed by atoms with Gasteiger partial charge in [0.1, 0.15) is 0 Å². The van der Waals surface area contributed by atoms with E-state index in [1.54, 1.807) is 0 Å². The molecule has 0 unspecified atom stereocenters. The Bertz CT molecular complexity index is 668. The number of hydrogen-bond donors (Lipinski definition) is 1. The van der Waals surface area contributed by atoms with E-state index in [1.807, 2.05) is 11.8 Å². The fourth-order valence-corrected chi connectivity index (χ4v) is 4.57. The van der Waals surface area contributed by atoms with Crippen LogP contribution in [-0.4, -0.2) is 32.1 Å². The molecule has 2 aliphatic rings. The topological polar surface area (TPSA) is 24.5 Å². The van der Waals surface area contributed by atoms with Crippen LogP contribution in [0, 0.1) is 0 Å². The van der Waals surface area contributed by atoms with Crippen molar-refractivity contribution in [2.45, 2.75) is 23.9 Å². The molecular weight excluding hydrogens is 316 g/mol. The Labute approximate surface area is 148 Å². The van der Waals surface area contributed by atoms with Gasteiger partial charge in [-0.05, 0) is 41.5 Å². The van der Waals surface area contributed by atoms with Crippen LogP contribution in [0.4, 0.5) is 5.69 Å². The van der Waals surface area contributed by atoms with Gasteiger partial charge in [0.05, 0.1) is 13.2 Å². The summed E-state index contributed by atoms with van der Waals surface area (Å²) in [4.78, 5) is 3.83. The lowest BCUT2D eigenvalue weighted by molar-refractivity contribution is 0.122. The van der Waals surface area contributed by atoms with Crippen molar-refractivity contribution in [1.29, 1.82) is 0 Å². The molecule has 1 fully saturated rings. The number of ether oxygens (including phenoxy) is 1. The molecule has 4 rings (SSSR count). The van der Waals surface area contributed by atoms with Gasteiger partial charge in [0.25, 0.3) is 0 Å². The Kier molecular flexibility index (Phi) is 5.07. The number of rotatable bonds is 4. The highest BCUT2D eigenvalue weighted by molar-refractivity contribution is 7.99. The van der Waals surface area contributed by atoms with E-state index in [0.717, 1.165) is 32.8 Å². The quantitative estimate of drug-likeness (QED) is 0.914. The standard InChI is InChI=1S/C20H24N2OS/c1-2-4-20-18(3-1)19(9-14-24-20)21-15-16-5-7-17(8-6-16)22-10-12-23-13-11-22/h1-8,19,21H,9-15H2/t19-/m0/s1. The Morgan fingerprint density at radius 1 is 1.04 bits per heavy atom. The Morgan fingerprint density at radius 2 is 1.83 bits per heavy atom. The van der Waals surface area contributed by atoms with Crippen molar-refractivity contribution in [3.05, 3.63) is 59.7 Å². The monoisotopic (exact) mass is 340 g/mol. The van der Waals surface area contributed by atoms with Crippen LogP contribution >= 0.6 is 11.8 Å². The second-order valence-electron chi connectivity index (χ2n) is 6.37. The van der Waals surface area contributed by atoms with Crippen LogP contribution in [0.25, 0.3) is 0 Å². The van der Waals surface area contributed by atoms with E-state index in [0.29, 0.717) is 6.04 Å². The minimum absolute atomic E-state index is 0.473. The van der Waals surface area contributed by atoms with Crippen molar-refractivity contribution in [2.24, 2.45) is 0 Å². The lowest BCUT2D eigenvalue weighted by Gasteiger charge is -2.29. The molecule has 4 heteroatoms. The second kappa shape index (κ2) is 7.60. The third-order valence-corrected chi connectivity index (χ3v) is 5.95. The third kappa shape index (κ3) is 3.61. The fraction of sp³-hybridized carbons (Fsp3) is 0.400. The normalized spacial score (nSPS) is 20.7. The number of fused-ring (bicyclic) bond motifs is 1. The van der Waals surface area contributed by atoms with E-state index in [2.05, 4.69) is 58.7 Å². The number of nitrogens with zero attached hydrogens (tertiary/aromatic N) is 1. The van der Waals surface area contributed by atoms with Crippen molar-refractivity contribution >= 4 is 17.4 Å². The number of nitrogens with one attached hydrogen (secondary N) is 1. The van der Waals surface area contributed by atoms with Gasteiger partial charge < -0.3 is 15.0 Å². The van der Waals surface area contributed by atoms with E-state index in [1.165, 1.54) is 33.9 Å². The maximum Gasteiger partial charge on any atom is 0.0642 e.